The molecule has 0 bridgehead atoms. The molecule has 0 aliphatic carbocycles. The number of carboxylic acid groups (broad SMARTS) is 1. The lowest BCUT2D eigenvalue weighted by atomic mass is 10.0. The maximum atomic E-state index is 12.1. The summed E-state index contributed by atoms with van der Waals surface area (Å²) in [4.78, 5) is 11.4. The van der Waals surface area contributed by atoms with E-state index in [1.54, 1.807) is 0 Å². The minimum Gasteiger partial charge on any atom is -0.478 e. The van der Waals surface area contributed by atoms with E-state index < -0.39 is 16.0 Å². The number of aromatic carboxylic acids is 1. The molecule has 6 nitrogen and oxygen atoms in total. The van der Waals surface area contributed by atoms with Gasteiger partial charge in [0.2, 0.25) is 10.0 Å². The second-order valence-electron chi connectivity index (χ2n) is 5.66. The molecule has 1 aromatic carbocycles. The second-order valence-corrected chi connectivity index (χ2v) is 7.81. The van der Waals surface area contributed by atoms with Crippen molar-refractivity contribution in [1.29, 1.82) is 0 Å². The monoisotopic (exact) mass is 314 g/mol. The van der Waals surface area contributed by atoms with Crippen LogP contribution in [0.15, 0.2) is 23.1 Å². The van der Waals surface area contributed by atoms with E-state index in [2.05, 4.69) is 5.32 Å². The van der Waals surface area contributed by atoms with Crippen molar-refractivity contribution in [1.82, 2.24) is 4.31 Å². The molecule has 0 unspecified atom stereocenters. The van der Waals surface area contributed by atoms with Crippen LogP contribution in [0.4, 0.5) is 5.69 Å². The maximum absolute atomic E-state index is 12.1. The molecule has 0 heterocycles. The summed E-state index contributed by atoms with van der Waals surface area (Å²) in [6, 6.07) is 4.10. The van der Waals surface area contributed by atoms with Crippen molar-refractivity contribution in [2.75, 3.05) is 19.4 Å². The van der Waals surface area contributed by atoms with Crippen LogP contribution in [0.5, 0.6) is 0 Å². The van der Waals surface area contributed by atoms with E-state index in [1.165, 1.54) is 32.3 Å². The molecular weight excluding hydrogens is 292 g/mol. The summed E-state index contributed by atoms with van der Waals surface area (Å²) in [5, 5.41) is 12.5. The van der Waals surface area contributed by atoms with Crippen molar-refractivity contribution in [2.24, 2.45) is 0 Å². The number of rotatable bonds is 6. The largest absolute Gasteiger partial charge is 0.478 e. The summed E-state index contributed by atoms with van der Waals surface area (Å²) in [6.45, 7) is 5.88. The molecule has 0 saturated carbocycles. The Bertz CT molecular complexity index is 636. The summed E-state index contributed by atoms with van der Waals surface area (Å²) in [5.74, 6) is -1.17. The Kier molecular flexibility index (Phi) is 5.01. The van der Waals surface area contributed by atoms with Gasteiger partial charge in [-0.2, -0.15) is 0 Å². The summed E-state index contributed by atoms with van der Waals surface area (Å²) in [5.41, 5.74) is 0.0677. The number of carboxylic acids is 1. The standard InChI is InChI=1S/C14H22N2O4S/c1-6-14(2,3)15-12-8-7-10(9-11(12)13(17)18)21(19,20)16(4)5/h7-9,15H,6H2,1-5H3,(H,17,18). The molecule has 0 saturated heterocycles. The van der Waals surface area contributed by atoms with E-state index in [9.17, 15) is 18.3 Å². The zero-order valence-electron chi connectivity index (χ0n) is 13.0. The topological polar surface area (TPSA) is 86.7 Å². The first-order valence-electron chi connectivity index (χ1n) is 6.59. The van der Waals surface area contributed by atoms with Gasteiger partial charge < -0.3 is 10.4 Å². The highest BCUT2D eigenvalue weighted by molar-refractivity contribution is 7.89. The van der Waals surface area contributed by atoms with Crippen molar-refractivity contribution in [3.05, 3.63) is 23.8 Å². The second kappa shape index (κ2) is 6.03. The van der Waals surface area contributed by atoms with Crippen molar-refractivity contribution in [2.45, 2.75) is 37.6 Å². The molecule has 21 heavy (non-hydrogen) atoms. The van der Waals surface area contributed by atoms with Crippen molar-refractivity contribution in [3.63, 3.8) is 0 Å². The van der Waals surface area contributed by atoms with Gasteiger partial charge in [0.05, 0.1) is 10.5 Å². The third kappa shape index (κ3) is 3.95. The quantitative estimate of drug-likeness (QED) is 0.841. The third-order valence-electron chi connectivity index (χ3n) is 3.36. The Hall–Kier alpha value is -1.60. The Balaban J connectivity index is 3.36. The molecule has 2 N–H and O–H groups in total. The lowest BCUT2D eigenvalue weighted by Gasteiger charge is -2.27. The molecule has 7 heteroatoms. The molecule has 118 valence electrons. The highest BCUT2D eigenvalue weighted by Gasteiger charge is 2.23. The number of sulfonamides is 1. The Labute approximate surface area is 125 Å². The number of nitrogens with zero attached hydrogens (tertiary/aromatic N) is 1. The molecule has 0 radical (unpaired) electrons. The average Bonchev–Trinajstić information content (AvgIpc) is 2.38. The molecule has 1 rings (SSSR count). The van der Waals surface area contributed by atoms with Gasteiger partial charge in [0.25, 0.3) is 0 Å². The van der Waals surface area contributed by atoms with Gasteiger partial charge >= 0.3 is 5.97 Å². The van der Waals surface area contributed by atoms with Crippen molar-refractivity contribution >= 4 is 21.7 Å². The van der Waals surface area contributed by atoms with E-state index in [1.807, 2.05) is 20.8 Å². The molecule has 0 aliphatic rings. The molecule has 1 aromatic rings. The molecular formula is C14H22N2O4S. The predicted molar refractivity (Wildman–Crippen MR) is 82.3 cm³/mol. The first kappa shape index (κ1) is 17.5. The normalized spacial score (nSPS) is 12.5. The fraction of sp³-hybridized carbons (Fsp3) is 0.500. The van der Waals surface area contributed by atoms with Crippen molar-refractivity contribution < 1.29 is 18.3 Å². The fourth-order valence-corrected chi connectivity index (χ4v) is 2.56. The average molecular weight is 314 g/mol. The molecule has 0 aliphatic heterocycles. The van der Waals surface area contributed by atoms with Crippen LogP contribution in [0.2, 0.25) is 0 Å². The molecule has 0 atom stereocenters. The first-order chi connectivity index (χ1) is 9.51. The van der Waals surface area contributed by atoms with Gasteiger partial charge in [-0.15, -0.1) is 0 Å². The predicted octanol–water partition coefficient (Wildman–Crippen LogP) is 2.24. The number of benzene rings is 1. The number of hydrogen-bond donors (Lipinski definition) is 2. The SMILES string of the molecule is CCC(C)(C)Nc1ccc(S(=O)(=O)N(C)C)cc1C(=O)O. The van der Waals surface area contributed by atoms with E-state index in [0.717, 1.165) is 10.7 Å². The summed E-state index contributed by atoms with van der Waals surface area (Å²) in [6.07, 6.45) is 0.795. The van der Waals surface area contributed by atoms with Gasteiger partial charge in [-0.3, -0.25) is 0 Å². The maximum Gasteiger partial charge on any atom is 0.337 e. The van der Waals surface area contributed by atoms with Crippen LogP contribution < -0.4 is 5.32 Å². The lowest BCUT2D eigenvalue weighted by molar-refractivity contribution is 0.0697. The summed E-state index contributed by atoms with van der Waals surface area (Å²) < 4.78 is 25.2. The molecule has 0 fully saturated rings. The molecule has 0 spiro atoms. The first-order valence-corrected chi connectivity index (χ1v) is 8.03. The van der Waals surface area contributed by atoms with Gasteiger partial charge in [0.15, 0.2) is 0 Å². The number of hydrogen-bond acceptors (Lipinski definition) is 4. The minimum absolute atomic E-state index is 0.0373. The van der Waals surface area contributed by atoms with E-state index in [-0.39, 0.29) is 16.0 Å². The molecule has 0 aromatic heterocycles. The minimum atomic E-state index is -3.66. The Morgan fingerprint density at radius 3 is 2.33 bits per heavy atom. The van der Waals surface area contributed by atoms with E-state index >= 15 is 0 Å². The highest BCUT2D eigenvalue weighted by atomic mass is 32.2. The Morgan fingerprint density at radius 2 is 1.90 bits per heavy atom. The van der Waals surface area contributed by atoms with E-state index in [4.69, 9.17) is 0 Å². The van der Waals surface area contributed by atoms with E-state index in [0.29, 0.717) is 5.69 Å². The summed E-state index contributed by atoms with van der Waals surface area (Å²) >= 11 is 0. The van der Waals surface area contributed by atoms with Gasteiger partial charge in [-0.1, -0.05) is 6.92 Å². The fourth-order valence-electron chi connectivity index (χ4n) is 1.63. The number of anilines is 1. The van der Waals surface area contributed by atoms with Crippen LogP contribution in [-0.4, -0.2) is 43.4 Å². The van der Waals surface area contributed by atoms with Crippen LogP contribution in [0, 0.1) is 0 Å². The highest BCUT2D eigenvalue weighted by Crippen LogP contribution is 2.25. The summed E-state index contributed by atoms with van der Waals surface area (Å²) in [7, 11) is -0.847. The smallest absolute Gasteiger partial charge is 0.337 e. The van der Waals surface area contributed by atoms with Gasteiger partial charge in [0.1, 0.15) is 0 Å². The van der Waals surface area contributed by atoms with Crippen LogP contribution in [0.3, 0.4) is 0 Å². The molecule has 0 amide bonds. The number of carbonyl (C=O) groups is 1. The third-order valence-corrected chi connectivity index (χ3v) is 5.17. The van der Waals surface area contributed by atoms with Gasteiger partial charge in [-0.25, -0.2) is 17.5 Å². The van der Waals surface area contributed by atoms with Crippen LogP contribution in [0.1, 0.15) is 37.6 Å². The van der Waals surface area contributed by atoms with Crippen molar-refractivity contribution in [3.8, 4) is 0 Å². The van der Waals surface area contributed by atoms with Crippen LogP contribution >= 0.6 is 0 Å². The van der Waals surface area contributed by atoms with Gasteiger partial charge in [-0.05, 0) is 38.5 Å². The zero-order chi connectivity index (χ0) is 16.4. The van der Waals surface area contributed by atoms with Gasteiger partial charge in [0, 0.05) is 25.3 Å². The Morgan fingerprint density at radius 1 is 1.33 bits per heavy atom. The zero-order valence-corrected chi connectivity index (χ0v) is 13.8. The lowest BCUT2D eigenvalue weighted by Crippen LogP contribution is -2.30. The number of nitrogens with one attached hydrogen (secondary N) is 1. The van der Waals surface area contributed by atoms with Crippen LogP contribution in [-0.2, 0) is 10.0 Å². The van der Waals surface area contributed by atoms with Crippen LogP contribution in [0.25, 0.3) is 0 Å².